The quantitative estimate of drug-likeness (QED) is 0.668. The first kappa shape index (κ1) is 24.0. The fourth-order valence-electron chi connectivity index (χ4n) is 1.93. The van der Waals surface area contributed by atoms with Gasteiger partial charge < -0.3 is 10.2 Å². The van der Waals surface area contributed by atoms with E-state index < -0.39 is 12.2 Å². The Morgan fingerprint density at radius 2 is 1.56 bits per heavy atom. The maximum Gasteiger partial charge on any atom is 0.138 e. The molecule has 3 radical (unpaired) electrons. The van der Waals surface area contributed by atoms with Gasteiger partial charge in [-0.05, 0) is 6.42 Å². The van der Waals surface area contributed by atoms with Crippen molar-refractivity contribution in [1.29, 1.82) is 0 Å². The molecular weight excluding hydrogens is 435 g/mol. The van der Waals surface area contributed by atoms with Crippen LogP contribution in [0.4, 0.5) is 0 Å². The van der Waals surface area contributed by atoms with Crippen LogP contribution in [0, 0.1) is 5.92 Å². The van der Waals surface area contributed by atoms with E-state index in [0.717, 1.165) is 19.3 Å². The van der Waals surface area contributed by atoms with Crippen LogP contribution in [0.2, 0.25) is 0 Å². The van der Waals surface area contributed by atoms with Crippen molar-refractivity contribution in [3.8, 4) is 0 Å². The molecule has 85 valence electrons. The first-order valence-electron chi connectivity index (χ1n) is 5.03. The molecule has 0 aromatic carbocycles. The van der Waals surface area contributed by atoms with Crippen LogP contribution < -0.4 is 0 Å². The van der Waals surface area contributed by atoms with Gasteiger partial charge in [0.15, 0.2) is 0 Å². The smallest absolute Gasteiger partial charge is 0.138 e. The van der Waals surface area contributed by atoms with Gasteiger partial charge in [-0.3, -0.25) is 4.79 Å². The van der Waals surface area contributed by atoms with E-state index in [1.165, 1.54) is 0 Å². The Kier molecular flexibility index (Phi) is 19.3. The van der Waals surface area contributed by atoms with Gasteiger partial charge in [-0.15, -0.1) is 0 Å². The van der Waals surface area contributed by atoms with Crippen LogP contribution in [0.3, 0.4) is 0 Å². The zero-order valence-electron chi connectivity index (χ0n) is 9.80. The molecule has 1 aliphatic carbocycles. The summed E-state index contributed by atoms with van der Waals surface area (Å²) >= 11 is 0. The molecule has 0 spiro atoms. The van der Waals surface area contributed by atoms with E-state index in [1.54, 1.807) is 0 Å². The Labute approximate surface area is 173 Å². The number of Topliss-reactive ketones (excluding diaryl/α,β-unsaturated/α-hetero) is 1. The summed E-state index contributed by atoms with van der Waals surface area (Å²) in [6.07, 6.45) is 2.10. The van der Waals surface area contributed by atoms with E-state index in [1.807, 2.05) is 0 Å². The largest absolute Gasteiger partial charge is 0.392 e. The van der Waals surface area contributed by atoms with Crippen LogP contribution in [0.5, 0.6) is 0 Å². The molecule has 2 N–H and O–H groups in total. The second-order valence-electron chi connectivity index (χ2n) is 3.89. The van der Waals surface area contributed by atoms with Gasteiger partial charge in [-0.2, -0.15) is 0 Å². The second kappa shape index (κ2) is 12.9. The molecule has 1 rings (SSSR count). The van der Waals surface area contributed by atoms with Crippen molar-refractivity contribution in [3.63, 3.8) is 0 Å². The number of hydrogen-bond acceptors (Lipinski definition) is 3. The summed E-state index contributed by atoms with van der Waals surface area (Å²) < 4.78 is 0. The molecule has 0 aromatic heterocycles. The van der Waals surface area contributed by atoms with Crippen molar-refractivity contribution in [3.05, 3.63) is 0 Å². The minimum atomic E-state index is -0.622. The third-order valence-corrected chi connectivity index (χ3v) is 2.75. The Hall–Kier alpha value is 2.90. The molecule has 1 saturated carbocycles. The van der Waals surface area contributed by atoms with Crippen molar-refractivity contribution in [2.24, 2.45) is 5.92 Å². The number of unbranched alkanes of at least 4 members (excludes halogenated alkanes) is 1. The average molecular weight is 453 g/mol. The molecule has 0 saturated heterocycles. The van der Waals surface area contributed by atoms with E-state index in [0.29, 0.717) is 0 Å². The molecule has 0 aromatic rings. The van der Waals surface area contributed by atoms with Crippen LogP contribution in [0.25, 0.3) is 0 Å². The maximum absolute atomic E-state index is 11.0. The van der Waals surface area contributed by atoms with Crippen molar-refractivity contribution in [1.82, 2.24) is 0 Å². The van der Waals surface area contributed by atoms with Gasteiger partial charge in [0.1, 0.15) is 5.78 Å². The maximum atomic E-state index is 11.0. The zero-order chi connectivity index (χ0) is 9.84. The summed E-state index contributed by atoms with van der Waals surface area (Å²) in [5.74, 6) is -0.106. The van der Waals surface area contributed by atoms with Crippen molar-refractivity contribution in [2.45, 2.75) is 51.2 Å². The van der Waals surface area contributed by atoms with Crippen LogP contribution in [-0.2, 0) is 103 Å². The Bertz CT molecular complexity index is 176. The summed E-state index contributed by atoms with van der Waals surface area (Å²) in [4.78, 5) is 11.0. The number of carbonyl (C=O) groups is 1. The first-order valence-corrected chi connectivity index (χ1v) is 5.03. The van der Waals surface area contributed by atoms with Crippen LogP contribution in [0.1, 0.15) is 39.0 Å². The zero-order valence-corrected chi connectivity index (χ0v) is 18.3. The minimum Gasteiger partial charge on any atom is -0.392 e. The van der Waals surface area contributed by atoms with Crippen LogP contribution in [0.15, 0.2) is 0 Å². The molecule has 0 amide bonds. The van der Waals surface area contributed by atoms with Crippen molar-refractivity contribution in [2.75, 3.05) is 0 Å². The summed E-state index contributed by atoms with van der Waals surface area (Å²) in [7, 11) is 0. The predicted octanol–water partition coefficient (Wildman–Crippen LogP) is 0.870. The molecule has 16 heavy (non-hydrogen) atoms. The van der Waals surface area contributed by atoms with Gasteiger partial charge in [-0.1, -0.05) is 19.8 Å². The summed E-state index contributed by atoms with van der Waals surface area (Å²) in [6.45, 7) is 2.08. The van der Waals surface area contributed by atoms with E-state index in [2.05, 4.69) is 6.92 Å². The van der Waals surface area contributed by atoms with Gasteiger partial charge in [0.05, 0.1) is 12.2 Å². The Balaban J connectivity index is -0.000000563. The topological polar surface area (TPSA) is 57.5 Å². The van der Waals surface area contributed by atoms with Crippen molar-refractivity contribution < 1.29 is 113 Å². The minimum absolute atomic E-state index is 0. The standard InChI is InChI=1S/C10H18O3.3Y/c1-2-3-4-8-9(12)5-7(11)6-10(8)13;;;/h8-10,12-13H,2-6H2,1H3;;;/t9-,10-;;;/m1.../s1. The van der Waals surface area contributed by atoms with E-state index in [-0.39, 0.29) is 123 Å². The number of aliphatic hydroxyl groups excluding tert-OH is 2. The van der Waals surface area contributed by atoms with Gasteiger partial charge in [0.25, 0.3) is 0 Å². The molecule has 0 heterocycles. The molecule has 6 heteroatoms. The molecule has 0 aliphatic heterocycles. The van der Waals surface area contributed by atoms with Gasteiger partial charge in [-0.25, -0.2) is 0 Å². The monoisotopic (exact) mass is 453 g/mol. The number of carbonyl (C=O) groups excluding carboxylic acids is 1. The SMILES string of the molecule is CCCCC1[C@H](O)CC(=O)C[C@H]1O.[Y].[Y].[Y]. The molecular formula is C10H18O3Y3. The number of rotatable bonds is 3. The van der Waals surface area contributed by atoms with Crippen molar-refractivity contribution >= 4 is 5.78 Å². The molecule has 0 bridgehead atoms. The molecule has 3 nitrogen and oxygen atoms in total. The first-order chi connectivity index (χ1) is 6.15. The average Bonchev–Trinajstić information content (AvgIpc) is 2.02. The van der Waals surface area contributed by atoms with Crippen LogP contribution in [-0.4, -0.2) is 28.2 Å². The predicted molar refractivity (Wildman–Crippen MR) is 49.3 cm³/mol. The molecule has 1 aliphatic rings. The van der Waals surface area contributed by atoms with E-state index in [9.17, 15) is 15.0 Å². The molecule has 0 unspecified atom stereocenters. The molecule has 2 atom stereocenters. The number of aliphatic hydroxyl groups is 2. The summed E-state index contributed by atoms with van der Waals surface area (Å²) in [5.41, 5.74) is 0. The third kappa shape index (κ3) is 8.15. The number of ketones is 1. The normalized spacial score (nSPS) is 25.1. The Morgan fingerprint density at radius 3 is 1.94 bits per heavy atom. The summed E-state index contributed by atoms with van der Waals surface area (Å²) in [5, 5.41) is 19.1. The van der Waals surface area contributed by atoms with Gasteiger partial charge >= 0.3 is 0 Å². The third-order valence-electron chi connectivity index (χ3n) is 2.75. The van der Waals surface area contributed by atoms with Gasteiger partial charge in [0.2, 0.25) is 0 Å². The van der Waals surface area contributed by atoms with E-state index >= 15 is 0 Å². The van der Waals surface area contributed by atoms with Crippen LogP contribution >= 0.6 is 0 Å². The summed E-state index contributed by atoms with van der Waals surface area (Å²) in [6, 6.07) is 0. The fourth-order valence-corrected chi connectivity index (χ4v) is 1.93. The van der Waals surface area contributed by atoms with E-state index in [4.69, 9.17) is 0 Å². The fraction of sp³-hybridized carbons (Fsp3) is 0.900. The van der Waals surface area contributed by atoms with Gasteiger partial charge in [0, 0.05) is 117 Å². The Morgan fingerprint density at radius 1 is 1.12 bits per heavy atom. The second-order valence-corrected chi connectivity index (χ2v) is 3.89. The number of hydrogen-bond donors (Lipinski definition) is 2. The molecule has 1 fully saturated rings.